The summed E-state index contributed by atoms with van der Waals surface area (Å²) in [7, 11) is 0. The molecule has 0 amide bonds. The van der Waals surface area contributed by atoms with Crippen LogP contribution in [-0.2, 0) is 4.79 Å². The Bertz CT molecular complexity index is 494. The maximum absolute atomic E-state index is 12.9. The highest BCUT2D eigenvalue weighted by Crippen LogP contribution is 2.23. The minimum absolute atomic E-state index is 0.269. The number of aromatic nitrogens is 1. The van der Waals surface area contributed by atoms with Crippen LogP contribution in [0.1, 0.15) is 5.56 Å². The number of rotatable bonds is 1. The minimum atomic E-state index is -0.863. The van der Waals surface area contributed by atoms with Gasteiger partial charge in [0.05, 0.1) is 0 Å². The lowest BCUT2D eigenvalue weighted by Crippen LogP contribution is -1.74. The summed E-state index contributed by atoms with van der Waals surface area (Å²) < 4.78 is 12.9. The van der Waals surface area contributed by atoms with Crippen LogP contribution in [0.25, 0.3) is 16.7 Å². The Hall–Kier alpha value is -1.86. The fraction of sp³-hybridized carbons (Fsp3) is 0. The predicted molar refractivity (Wildman–Crippen MR) is 48.5 cm³/mol. The molecule has 2 nitrogen and oxygen atoms in total. The number of benzene rings is 1. The van der Waals surface area contributed by atoms with Crippen LogP contribution in [0, 0.1) is 0 Å². The molecule has 1 aromatic carbocycles. The molecule has 3 heteroatoms. The highest BCUT2D eigenvalue weighted by Gasteiger charge is 2.07. The number of fused-ring (bicyclic) bond motifs is 1. The average molecular weight is 175 g/mol. The molecule has 2 aromatic rings. The van der Waals surface area contributed by atoms with Crippen molar-refractivity contribution in [1.29, 1.82) is 0 Å². The predicted octanol–water partition coefficient (Wildman–Crippen LogP) is 2.31. The van der Waals surface area contributed by atoms with E-state index in [1.165, 1.54) is 12.1 Å². The molecular formula is C10H6FNO. The smallest absolute Gasteiger partial charge is 0.215 e. The van der Waals surface area contributed by atoms with Crippen molar-refractivity contribution in [2.24, 2.45) is 0 Å². The van der Waals surface area contributed by atoms with Crippen molar-refractivity contribution in [3.05, 3.63) is 36.0 Å². The van der Waals surface area contributed by atoms with E-state index in [0.717, 1.165) is 5.52 Å². The average Bonchev–Trinajstić information content (AvgIpc) is 2.60. The molecule has 0 atom stereocenters. The molecule has 0 aliphatic carbocycles. The van der Waals surface area contributed by atoms with Crippen molar-refractivity contribution < 1.29 is 9.18 Å². The van der Waals surface area contributed by atoms with Crippen molar-refractivity contribution in [2.75, 3.05) is 0 Å². The standard InChI is InChI=1S/C10H6FNO/c11-9(6-13)8-5-12-10-4-2-1-3-7(8)10/h1-5,12H. The molecule has 0 radical (unpaired) electrons. The molecular weight excluding hydrogens is 169 g/mol. The first-order chi connectivity index (χ1) is 6.33. The number of para-hydroxylation sites is 1. The minimum Gasteiger partial charge on any atom is -0.360 e. The largest absolute Gasteiger partial charge is 0.360 e. The molecule has 0 saturated carbocycles. The topological polar surface area (TPSA) is 32.9 Å². The van der Waals surface area contributed by atoms with Gasteiger partial charge in [-0.1, -0.05) is 18.2 Å². The second-order valence-electron chi connectivity index (χ2n) is 2.66. The van der Waals surface area contributed by atoms with E-state index in [9.17, 15) is 9.18 Å². The number of H-pyrrole nitrogens is 1. The maximum Gasteiger partial charge on any atom is 0.215 e. The zero-order chi connectivity index (χ0) is 9.26. The zero-order valence-electron chi connectivity index (χ0n) is 6.67. The highest BCUT2D eigenvalue weighted by molar-refractivity contribution is 5.97. The van der Waals surface area contributed by atoms with E-state index >= 15 is 0 Å². The number of carbonyl (C=O) groups excluding carboxylic acids is 1. The van der Waals surface area contributed by atoms with E-state index in [4.69, 9.17) is 0 Å². The Kier molecular flexibility index (Phi) is 1.72. The second kappa shape index (κ2) is 2.88. The maximum atomic E-state index is 12.9. The Morgan fingerprint density at radius 1 is 1.38 bits per heavy atom. The second-order valence-corrected chi connectivity index (χ2v) is 2.66. The van der Waals surface area contributed by atoms with Gasteiger partial charge in [-0.25, -0.2) is 4.79 Å². The van der Waals surface area contributed by atoms with Crippen LogP contribution >= 0.6 is 0 Å². The van der Waals surface area contributed by atoms with Gasteiger partial charge in [-0.05, 0) is 6.07 Å². The van der Waals surface area contributed by atoms with Crippen molar-refractivity contribution >= 4 is 22.7 Å². The lowest BCUT2D eigenvalue weighted by molar-refractivity contribution is 0.565. The molecule has 13 heavy (non-hydrogen) atoms. The first-order valence-corrected chi connectivity index (χ1v) is 3.80. The van der Waals surface area contributed by atoms with Crippen molar-refractivity contribution in [1.82, 2.24) is 4.98 Å². The van der Waals surface area contributed by atoms with Gasteiger partial charge in [0.1, 0.15) is 0 Å². The Morgan fingerprint density at radius 2 is 2.15 bits per heavy atom. The molecule has 0 unspecified atom stereocenters. The van der Waals surface area contributed by atoms with Crippen LogP contribution in [-0.4, -0.2) is 10.9 Å². The summed E-state index contributed by atoms with van der Waals surface area (Å²) >= 11 is 0. The molecule has 64 valence electrons. The Labute approximate surface area is 73.7 Å². The summed E-state index contributed by atoms with van der Waals surface area (Å²) in [5, 5.41) is 0.698. The van der Waals surface area contributed by atoms with Gasteiger partial charge in [0.15, 0.2) is 5.94 Å². The van der Waals surface area contributed by atoms with E-state index in [-0.39, 0.29) is 5.56 Å². The van der Waals surface area contributed by atoms with Crippen LogP contribution < -0.4 is 0 Å². The molecule has 0 saturated heterocycles. The van der Waals surface area contributed by atoms with E-state index in [0.29, 0.717) is 5.39 Å². The Morgan fingerprint density at radius 3 is 2.92 bits per heavy atom. The van der Waals surface area contributed by atoms with Gasteiger partial charge < -0.3 is 4.98 Å². The lowest BCUT2D eigenvalue weighted by atomic mass is 10.2. The van der Waals surface area contributed by atoms with E-state index in [1.54, 1.807) is 12.1 Å². The molecule has 0 bridgehead atoms. The quantitative estimate of drug-likeness (QED) is 0.663. The number of halogens is 1. The van der Waals surface area contributed by atoms with Crippen LogP contribution in [0.4, 0.5) is 4.39 Å². The first kappa shape index (κ1) is 7.77. The number of nitrogens with one attached hydrogen (secondary N) is 1. The van der Waals surface area contributed by atoms with Gasteiger partial charge in [0.2, 0.25) is 5.83 Å². The third-order valence-electron chi connectivity index (χ3n) is 1.92. The third kappa shape index (κ3) is 1.15. The van der Waals surface area contributed by atoms with Crippen LogP contribution in [0.2, 0.25) is 0 Å². The summed E-state index contributed by atoms with van der Waals surface area (Å²) in [5.74, 6) is 0.376. The molecule has 0 aliphatic heterocycles. The normalized spacial score (nSPS) is 9.92. The molecule has 1 heterocycles. The van der Waals surface area contributed by atoms with Gasteiger partial charge >= 0.3 is 0 Å². The van der Waals surface area contributed by atoms with E-state index < -0.39 is 5.83 Å². The SMILES string of the molecule is O=C=C(F)c1c[nH]c2ccccc12. The molecule has 2 rings (SSSR count). The Balaban J connectivity index is 2.78. The monoisotopic (exact) mass is 175 g/mol. The number of hydrogen-bond acceptors (Lipinski definition) is 1. The summed E-state index contributed by atoms with van der Waals surface area (Å²) in [5.41, 5.74) is 1.08. The molecule has 1 N–H and O–H groups in total. The van der Waals surface area contributed by atoms with Crippen molar-refractivity contribution in [3.8, 4) is 0 Å². The highest BCUT2D eigenvalue weighted by atomic mass is 19.1. The van der Waals surface area contributed by atoms with Crippen LogP contribution in [0.3, 0.4) is 0 Å². The van der Waals surface area contributed by atoms with Crippen LogP contribution in [0.5, 0.6) is 0 Å². The molecule has 0 fully saturated rings. The third-order valence-corrected chi connectivity index (χ3v) is 1.92. The molecule has 0 aliphatic rings. The van der Waals surface area contributed by atoms with E-state index in [1.807, 2.05) is 12.1 Å². The van der Waals surface area contributed by atoms with Gasteiger partial charge in [0, 0.05) is 22.7 Å². The summed E-state index contributed by atoms with van der Waals surface area (Å²) in [6.45, 7) is 0. The number of hydrogen-bond donors (Lipinski definition) is 1. The van der Waals surface area contributed by atoms with Crippen molar-refractivity contribution in [2.45, 2.75) is 0 Å². The van der Waals surface area contributed by atoms with Gasteiger partial charge in [-0.3, -0.25) is 0 Å². The summed E-state index contributed by atoms with van der Waals surface area (Å²) in [4.78, 5) is 13.0. The lowest BCUT2D eigenvalue weighted by Gasteiger charge is -1.89. The first-order valence-electron chi connectivity index (χ1n) is 3.80. The summed E-state index contributed by atoms with van der Waals surface area (Å²) in [6.07, 6.45) is 1.46. The van der Waals surface area contributed by atoms with Gasteiger partial charge in [0.25, 0.3) is 0 Å². The summed E-state index contributed by atoms with van der Waals surface area (Å²) in [6, 6.07) is 7.19. The fourth-order valence-electron chi connectivity index (χ4n) is 1.31. The molecule has 0 spiro atoms. The number of aromatic amines is 1. The fourth-order valence-corrected chi connectivity index (χ4v) is 1.31. The van der Waals surface area contributed by atoms with Crippen LogP contribution in [0.15, 0.2) is 30.5 Å². The van der Waals surface area contributed by atoms with Gasteiger partial charge in [-0.2, -0.15) is 4.39 Å². The van der Waals surface area contributed by atoms with E-state index in [2.05, 4.69) is 4.98 Å². The van der Waals surface area contributed by atoms with Crippen molar-refractivity contribution in [3.63, 3.8) is 0 Å². The zero-order valence-corrected chi connectivity index (χ0v) is 6.67. The molecule has 1 aromatic heterocycles. The van der Waals surface area contributed by atoms with Gasteiger partial charge in [-0.15, -0.1) is 0 Å².